The van der Waals surface area contributed by atoms with Gasteiger partial charge >= 0.3 is 5.97 Å². The van der Waals surface area contributed by atoms with E-state index < -0.39 is 11.6 Å². The van der Waals surface area contributed by atoms with E-state index in [1.54, 1.807) is 24.3 Å². The fourth-order valence-electron chi connectivity index (χ4n) is 4.38. The lowest BCUT2D eigenvalue weighted by Gasteiger charge is -2.27. The predicted octanol–water partition coefficient (Wildman–Crippen LogP) is 7.84. The largest absolute Gasteiger partial charge is 0.490 e. The van der Waals surface area contributed by atoms with Crippen LogP contribution in [-0.2, 0) is 4.79 Å². The van der Waals surface area contributed by atoms with Gasteiger partial charge in [0.1, 0.15) is 5.75 Å². The summed E-state index contributed by atoms with van der Waals surface area (Å²) < 4.78 is 39.4. The summed E-state index contributed by atoms with van der Waals surface area (Å²) in [6.07, 6.45) is 10.7. The van der Waals surface area contributed by atoms with Crippen LogP contribution in [0, 0.1) is 35.3 Å². The van der Waals surface area contributed by atoms with Crippen LogP contribution in [0.4, 0.5) is 8.78 Å². The first-order valence-corrected chi connectivity index (χ1v) is 13.0. The van der Waals surface area contributed by atoms with Crippen LogP contribution in [0.5, 0.6) is 11.5 Å². The van der Waals surface area contributed by atoms with Gasteiger partial charge in [-0.15, -0.1) is 0 Å². The molecule has 0 heterocycles. The Labute approximate surface area is 208 Å². The first-order chi connectivity index (χ1) is 17.0. The number of ether oxygens (including phenoxy) is 2. The van der Waals surface area contributed by atoms with E-state index in [0.717, 1.165) is 44.4 Å². The maximum absolute atomic E-state index is 14.3. The second-order valence-corrected chi connectivity index (χ2v) is 9.35. The number of hydrogen-bond acceptors (Lipinski definition) is 3. The second kappa shape index (κ2) is 13.9. The topological polar surface area (TPSA) is 35.5 Å². The lowest BCUT2D eigenvalue weighted by molar-refractivity contribution is -0.140. The van der Waals surface area contributed by atoms with Crippen LogP contribution in [0.15, 0.2) is 36.4 Å². The normalized spacial score (nSPS) is 17.4. The number of unbranched alkanes of at least 4 members (excludes halogenated alkanes) is 3. The van der Waals surface area contributed by atoms with Gasteiger partial charge in [-0.25, -0.2) is 4.39 Å². The molecular formula is C30H36F2O3. The highest BCUT2D eigenvalue weighted by Gasteiger charge is 2.27. The summed E-state index contributed by atoms with van der Waals surface area (Å²) in [5.41, 5.74) is 0.576. The Morgan fingerprint density at radius 1 is 0.886 bits per heavy atom. The van der Waals surface area contributed by atoms with E-state index >= 15 is 0 Å². The van der Waals surface area contributed by atoms with Gasteiger partial charge in [-0.3, -0.25) is 4.79 Å². The average molecular weight is 483 g/mol. The smallest absolute Gasteiger partial charge is 0.314 e. The highest BCUT2D eigenvalue weighted by molar-refractivity contribution is 5.75. The Bertz CT molecular complexity index is 1010. The fourth-order valence-corrected chi connectivity index (χ4v) is 4.38. The average Bonchev–Trinajstić information content (AvgIpc) is 2.87. The molecule has 1 aliphatic carbocycles. The molecule has 0 aliphatic heterocycles. The van der Waals surface area contributed by atoms with Crippen molar-refractivity contribution in [2.75, 3.05) is 6.61 Å². The van der Waals surface area contributed by atoms with Gasteiger partial charge in [-0.1, -0.05) is 57.8 Å². The van der Waals surface area contributed by atoms with Crippen LogP contribution in [0.3, 0.4) is 0 Å². The van der Waals surface area contributed by atoms with Crippen molar-refractivity contribution >= 4 is 5.97 Å². The molecule has 2 aromatic rings. The third kappa shape index (κ3) is 8.09. The van der Waals surface area contributed by atoms with Gasteiger partial charge < -0.3 is 9.47 Å². The van der Waals surface area contributed by atoms with Gasteiger partial charge in [0.15, 0.2) is 11.6 Å². The van der Waals surface area contributed by atoms with Crippen molar-refractivity contribution in [1.82, 2.24) is 0 Å². The Morgan fingerprint density at radius 2 is 1.60 bits per heavy atom. The monoisotopic (exact) mass is 482 g/mol. The van der Waals surface area contributed by atoms with E-state index in [0.29, 0.717) is 17.9 Å². The molecule has 0 bridgehead atoms. The summed E-state index contributed by atoms with van der Waals surface area (Å²) in [5.74, 6) is 4.37. The quantitative estimate of drug-likeness (QED) is 0.150. The SMILES string of the molecule is CCCCCC1CCC(C(=O)Oc2ccc(C#Cc3ccc(OCCCC)c(F)c3F)cc2)CC1. The lowest BCUT2D eigenvalue weighted by Crippen LogP contribution is -2.25. The van der Waals surface area contributed by atoms with E-state index in [9.17, 15) is 13.6 Å². The lowest BCUT2D eigenvalue weighted by atomic mass is 9.80. The van der Waals surface area contributed by atoms with Gasteiger partial charge in [0.05, 0.1) is 18.1 Å². The highest BCUT2D eigenvalue weighted by Crippen LogP contribution is 2.33. The molecule has 0 saturated heterocycles. The Morgan fingerprint density at radius 3 is 2.29 bits per heavy atom. The van der Waals surface area contributed by atoms with Crippen LogP contribution < -0.4 is 9.47 Å². The van der Waals surface area contributed by atoms with Gasteiger partial charge in [0, 0.05) is 5.56 Å². The number of benzene rings is 2. The summed E-state index contributed by atoms with van der Waals surface area (Å²) in [6, 6.07) is 9.59. The first kappa shape index (κ1) is 26.7. The van der Waals surface area contributed by atoms with E-state index in [-0.39, 0.29) is 23.2 Å². The molecule has 1 fully saturated rings. The zero-order valence-electron chi connectivity index (χ0n) is 20.9. The van der Waals surface area contributed by atoms with Crippen LogP contribution >= 0.6 is 0 Å². The number of carbonyl (C=O) groups excluding carboxylic acids is 1. The minimum atomic E-state index is -1.02. The van der Waals surface area contributed by atoms with Crippen molar-refractivity contribution in [2.24, 2.45) is 11.8 Å². The molecule has 1 aliphatic rings. The number of rotatable bonds is 10. The summed E-state index contributed by atoms with van der Waals surface area (Å²) >= 11 is 0. The predicted molar refractivity (Wildman–Crippen MR) is 134 cm³/mol. The Kier molecular flexibility index (Phi) is 10.6. The van der Waals surface area contributed by atoms with Crippen LogP contribution in [0.25, 0.3) is 0 Å². The zero-order chi connectivity index (χ0) is 25.0. The molecule has 3 rings (SSSR count). The second-order valence-electron chi connectivity index (χ2n) is 9.35. The van der Waals surface area contributed by atoms with Crippen molar-refractivity contribution in [2.45, 2.75) is 78.1 Å². The molecule has 0 amide bonds. The number of carbonyl (C=O) groups is 1. The third-order valence-electron chi connectivity index (χ3n) is 6.61. The molecule has 2 aromatic carbocycles. The molecule has 0 radical (unpaired) electrons. The molecule has 1 saturated carbocycles. The van der Waals surface area contributed by atoms with E-state index in [1.807, 2.05) is 6.92 Å². The van der Waals surface area contributed by atoms with Crippen LogP contribution in [0.2, 0.25) is 0 Å². The number of esters is 1. The molecule has 0 unspecified atom stereocenters. The van der Waals surface area contributed by atoms with Crippen molar-refractivity contribution < 1.29 is 23.0 Å². The maximum atomic E-state index is 14.3. The first-order valence-electron chi connectivity index (χ1n) is 13.0. The molecule has 0 atom stereocenters. The molecule has 0 N–H and O–H groups in total. The van der Waals surface area contributed by atoms with Gasteiger partial charge in [-0.05, 0) is 74.4 Å². The van der Waals surface area contributed by atoms with Gasteiger partial charge in [0.25, 0.3) is 0 Å². The molecule has 188 valence electrons. The van der Waals surface area contributed by atoms with E-state index in [1.165, 1.54) is 37.8 Å². The van der Waals surface area contributed by atoms with E-state index in [4.69, 9.17) is 9.47 Å². The van der Waals surface area contributed by atoms with Gasteiger partial charge in [-0.2, -0.15) is 4.39 Å². The third-order valence-corrected chi connectivity index (χ3v) is 6.61. The molecule has 5 heteroatoms. The highest BCUT2D eigenvalue weighted by atomic mass is 19.2. The standard InChI is InChI=1S/C30H36F2O3/c1-3-5-7-8-22-10-15-25(16-11-22)30(33)35-26-18-12-23(13-19-26)9-14-24-17-20-27(29(32)28(24)31)34-21-6-4-2/h12-13,17-20,22,25H,3-8,10-11,15-16,21H2,1-2H3. The van der Waals surface area contributed by atoms with Gasteiger partial charge in [0.2, 0.25) is 5.82 Å². The molecule has 3 nitrogen and oxygen atoms in total. The zero-order valence-corrected chi connectivity index (χ0v) is 20.9. The maximum Gasteiger partial charge on any atom is 0.314 e. The molecular weight excluding hydrogens is 446 g/mol. The van der Waals surface area contributed by atoms with Crippen molar-refractivity contribution in [3.8, 4) is 23.3 Å². The molecule has 0 spiro atoms. The number of hydrogen-bond donors (Lipinski definition) is 0. The summed E-state index contributed by atoms with van der Waals surface area (Å²) in [6.45, 7) is 4.56. The summed E-state index contributed by atoms with van der Waals surface area (Å²) in [5, 5.41) is 0. The van der Waals surface area contributed by atoms with E-state index in [2.05, 4.69) is 18.8 Å². The summed E-state index contributed by atoms with van der Waals surface area (Å²) in [4.78, 5) is 12.6. The van der Waals surface area contributed by atoms with Crippen molar-refractivity contribution in [3.63, 3.8) is 0 Å². The van der Waals surface area contributed by atoms with Crippen LogP contribution in [-0.4, -0.2) is 12.6 Å². The summed E-state index contributed by atoms with van der Waals surface area (Å²) in [7, 11) is 0. The minimum Gasteiger partial charge on any atom is -0.490 e. The molecule has 0 aromatic heterocycles. The fraction of sp³-hybridized carbons (Fsp3) is 0.500. The van der Waals surface area contributed by atoms with Crippen LogP contribution in [0.1, 0.15) is 89.2 Å². The molecule has 35 heavy (non-hydrogen) atoms. The Hall–Kier alpha value is -2.87. The van der Waals surface area contributed by atoms with Crippen molar-refractivity contribution in [3.05, 3.63) is 59.2 Å². The minimum absolute atomic E-state index is 0.0360. The van der Waals surface area contributed by atoms with Crippen molar-refractivity contribution in [1.29, 1.82) is 0 Å². The Balaban J connectivity index is 1.52. The number of halogens is 2.